The molecule has 74 valence electrons. The molecule has 0 saturated carbocycles. The maximum Gasteiger partial charge on any atom is 0.331 e. The van der Waals surface area contributed by atoms with Gasteiger partial charge < -0.3 is 14.9 Å². The van der Waals surface area contributed by atoms with Gasteiger partial charge in [-0.25, -0.2) is 4.79 Å². The van der Waals surface area contributed by atoms with Gasteiger partial charge in [0.05, 0.1) is 15.9 Å². The fourth-order valence-electron chi connectivity index (χ4n) is 0.695. The van der Waals surface area contributed by atoms with Gasteiger partial charge in [0.25, 0.3) is 0 Å². The van der Waals surface area contributed by atoms with Gasteiger partial charge in [0.1, 0.15) is 6.04 Å². The number of rotatable bonds is 4. The summed E-state index contributed by atoms with van der Waals surface area (Å²) in [4.78, 5) is 31.6. The summed E-state index contributed by atoms with van der Waals surface area (Å²) in [6, 6.07) is -1.13. The van der Waals surface area contributed by atoms with E-state index in [4.69, 9.17) is 5.11 Å². The highest BCUT2D eigenvalue weighted by Crippen LogP contribution is 1.99. The molecule has 2 N–H and O–H groups in total. The Morgan fingerprint density at radius 2 is 2.08 bits per heavy atom. The Balaban J connectivity index is 4.26. The van der Waals surface area contributed by atoms with E-state index in [2.05, 4.69) is 9.84 Å². The van der Waals surface area contributed by atoms with Crippen LogP contribution in [0.4, 0.5) is 0 Å². The zero-order valence-corrected chi connectivity index (χ0v) is 8.10. The molecule has 0 spiro atoms. The molecular weight excluding hydrogens is 197 g/mol. The normalized spacial score (nSPS) is 11.5. The number of carbonyl (C=O) groups excluding carboxylic acids is 2. The summed E-state index contributed by atoms with van der Waals surface area (Å²) in [5.74, 6) is -2.47. The Labute approximate surface area is 76.9 Å². The van der Waals surface area contributed by atoms with Crippen molar-refractivity contribution < 1.29 is 24.0 Å². The van der Waals surface area contributed by atoms with E-state index < -0.39 is 30.3 Å². The quantitative estimate of drug-likeness (QED) is 0.594. The van der Waals surface area contributed by atoms with Crippen LogP contribution < -0.4 is 5.32 Å². The van der Waals surface area contributed by atoms with Crippen LogP contribution in [0, 0.1) is 0 Å². The molecule has 7 heteroatoms. The highest BCUT2D eigenvalue weighted by molar-refractivity contribution is 7.10. The second kappa shape index (κ2) is 5.48. The van der Waals surface area contributed by atoms with Crippen LogP contribution in [-0.2, 0) is 18.9 Å². The maximum absolute atomic E-state index is 10.9. The first kappa shape index (κ1) is 11.8. The molecular formula is C6H10NO5P. The maximum atomic E-state index is 10.9. The predicted molar refractivity (Wildman–Crippen MR) is 45.7 cm³/mol. The molecule has 0 aliphatic rings. The number of amides is 1. The minimum Gasteiger partial charge on any atom is -0.481 e. The molecule has 0 aromatic heterocycles. The Hall–Kier alpha value is -1.16. The average Bonchev–Trinajstić information content (AvgIpc) is 2.00. The summed E-state index contributed by atoms with van der Waals surface area (Å²) < 4.78 is 4.21. The Kier molecular flexibility index (Phi) is 4.99. The number of carboxylic acids is 1. The molecule has 1 amide bonds. The van der Waals surface area contributed by atoms with Gasteiger partial charge in [0, 0.05) is 6.92 Å². The standard InChI is InChI=1S/C6H10NO5P/c1-3(8)7-4(2-5(9)10)6(11)12-13/h4H,2,13H2,1H3,(H,7,8)(H,9,10)/t4-/m0/s1. The van der Waals surface area contributed by atoms with Gasteiger partial charge in [-0.2, -0.15) is 0 Å². The third-order valence-corrected chi connectivity index (χ3v) is 1.39. The van der Waals surface area contributed by atoms with Gasteiger partial charge in [-0.05, 0) is 0 Å². The molecule has 0 aliphatic carbocycles. The van der Waals surface area contributed by atoms with Gasteiger partial charge >= 0.3 is 11.9 Å². The van der Waals surface area contributed by atoms with Crippen molar-refractivity contribution in [3.05, 3.63) is 0 Å². The zero-order chi connectivity index (χ0) is 10.4. The fourth-order valence-corrected chi connectivity index (χ4v) is 0.860. The van der Waals surface area contributed by atoms with Crippen LogP contribution in [0.5, 0.6) is 0 Å². The van der Waals surface area contributed by atoms with Crippen molar-refractivity contribution in [1.29, 1.82) is 0 Å². The van der Waals surface area contributed by atoms with Crippen molar-refractivity contribution >= 4 is 27.3 Å². The first-order valence-corrected chi connectivity index (χ1v) is 3.84. The van der Waals surface area contributed by atoms with Gasteiger partial charge in [-0.15, -0.1) is 0 Å². The van der Waals surface area contributed by atoms with Crippen LogP contribution in [0.25, 0.3) is 0 Å². The van der Waals surface area contributed by atoms with Gasteiger partial charge in [-0.1, -0.05) is 0 Å². The highest BCUT2D eigenvalue weighted by atomic mass is 31.0. The van der Waals surface area contributed by atoms with Crippen molar-refractivity contribution in [3.8, 4) is 0 Å². The van der Waals surface area contributed by atoms with Crippen molar-refractivity contribution in [2.24, 2.45) is 0 Å². The molecule has 0 bridgehead atoms. The number of nitrogens with one attached hydrogen (secondary N) is 1. The largest absolute Gasteiger partial charge is 0.481 e. The molecule has 0 fully saturated rings. The molecule has 0 heterocycles. The van der Waals surface area contributed by atoms with E-state index in [0.717, 1.165) is 0 Å². The first-order chi connectivity index (χ1) is 5.97. The van der Waals surface area contributed by atoms with Gasteiger partial charge in [-0.3, -0.25) is 9.59 Å². The lowest BCUT2D eigenvalue weighted by atomic mass is 10.2. The van der Waals surface area contributed by atoms with Gasteiger partial charge in [0.15, 0.2) is 0 Å². The summed E-state index contributed by atoms with van der Waals surface area (Å²) in [7, 11) is 1.69. The monoisotopic (exact) mass is 207 g/mol. The second-order valence-electron chi connectivity index (χ2n) is 2.29. The van der Waals surface area contributed by atoms with Crippen LogP contribution in [0.3, 0.4) is 0 Å². The minimum atomic E-state index is -1.19. The molecule has 0 aliphatic heterocycles. The van der Waals surface area contributed by atoms with E-state index in [1.807, 2.05) is 0 Å². The lowest BCUT2D eigenvalue weighted by Gasteiger charge is -2.12. The molecule has 1 unspecified atom stereocenters. The number of hydrogen-bond acceptors (Lipinski definition) is 4. The summed E-state index contributed by atoms with van der Waals surface area (Å²) in [5, 5.41) is 10.5. The van der Waals surface area contributed by atoms with E-state index in [0.29, 0.717) is 0 Å². The average molecular weight is 207 g/mol. The highest BCUT2D eigenvalue weighted by Gasteiger charge is 2.22. The Bertz CT molecular complexity index is 213. The zero-order valence-electron chi connectivity index (χ0n) is 6.94. The van der Waals surface area contributed by atoms with Crippen LogP contribution in [0.15, 0.2) is 0 Å². The molecule has 0 radical (unpaired) electrons. The Morgan fingerprint density at radius 1 is 1.54 bits per heavy atom. The fraction of sp³-hybridized carbons (Fsp3) is 0.500. The number of carbonyl (C=O) groups is 3. The number of aliphatic carboxylic acids is 1. The van der Waals surface area contributed by atoms with Crippen molar-refractivity contribution in [2.45, 2.75) is 19.4 Å². The van der Waals surface area contributed by atoms with E-state index in [9.17, 15) is 14.4 Å². The van der Waals surface area contributed by atoms with Crippen LogP contribution in [0.1, 0.15) is 13.3 Å². The van der Waals surface area contributed by atoms with E-state index >= 15 is 0 Å². The lowest BCUT2D eigenvalue weighted by Crippen LogP contribution is -2.41. The van der Waals surface area contributed by atoms with Gasteiger partial charge in [0.2, 0.25) is 5.91 Å². The van der Waals surface area contributed by atoms with Crippen LogP contribution in [0.2, 0.25) is 0 Å². The smallest absolute Gasteiger partial charge is 0.331 e. The number of carboxylic acid groups (broad SMARTS) is 1. The van der Waals surface area contributed by atoms with E-state index in [1.54, 1.807) is 9.47 Å². The molecule has 6 nitrogen and oxygen atoms in total. The minimum absolute atomic E-state index is 0.485. The molecule has 13 heavy (non-hydrogen) atoms. The third-order valence-electron chi connectivity index (χ3n) is 1.16. The molecule has 0 aromatic carbocycles. The summed E-state index contributed by atoms with van der Waals surface area (Å²) in [6.07, 6.45) is -0.493. The molecule has 2 atom stereocenters. The number of hydrogen-bond donors (Lipinski definition) is 2. The SMILES string of the molecule is CC(=O)N[C@@H](CC(=O)O)C(=O)OP. The lowest BCUT2D eigenvalue weighted by molar-refractivity contribution is -0.144. The second-order valence-corrected chi connectivity index (χ2v) is 2.52. The van der Waals surface area contributed by atoms with Crippen molar-refractivity contribution in [3.63, 3.8) is 0 Å². The predicted octanol–water partition coefficient (Wildman–Crippen LogP) is -0.701. The molecule has 0 saturated heterocycles. The topological polar surface area (TPSA) is 92.7 Å². The summed E-state index contributed by atoms with van der Waals surface area (Å²) in [5.41, 5.74) is 0. The van der Waals surface area contributed by atoms with Crippen LogP contribution in [-0.4, -0.2) is 29.0 Å². The first-order valence-electron chi connectivity index (χ1n) is 3.36. The van der Waals surface area contributed by atoms with Crippen molar-refractivity contribution in [2.75, 3.05) is 0 Å². The molecule has 0 aromatic rings. The molecule has 0 rings (SSSR count). The summed E-state index contributed by atoms with van der Waals surface area (Å²) >= 11 is 0. The van der Waals surface area contributed by atoms with E-state index in [-0.39, 0.29) is 0 Å². The van der Waals surface area contributed by atoms with Crippen LogP contribution >= 0.6 is 9.47 Å². The van der Waals surface area contributed by atoms with E-state index in [1.165, 1.54) is 6.92 Å². The van der Waals surface area contributed by atoms with Crippen molar-refractivity contribution in [1.82, 2.24) is 5.32 Å². The Morgan fingerprint density at radius 3 is 2.38 bits per heavy atom. The summed E-state index contributed by atoms with van der Waals surface area (Å²) in [6.45, 7) is 1.19. The third kappa shape index (κ3) is 5.14.